The van der Waals surface area contributed by atoms with Crippen molar-refractivity contribution in [1.82, 2.24) is 4.98 Å². The molecule has 0 radical (unpaired) electrons. The quantitative estimate of drug-likeness (QED) is 0.485. The van der Waals surface area contributed by atoms with Crippen molar-refractivity contribution in [3.8, 4) is 0 Å². The lowest BCUT2D eigenvalue weighted by molar-refractivity contribution is -0.384. The zero-order valence-corrected chi connectivity index (χ0v) is 11.2. The van der Waals surface area contributed by atoms with Crippen LogP contribution in [0.2, 0.25) is 0 Å². The molecular weight excluding hydrogens is 256 g/mol. The lowest BCUT2D eigenvalue weighted by Gasteiger charge is -2.12. The summed E-state index contributed by atoms with van der Waals surface area (Å²) < 4.78 is 0. The molecule has 0 fully saturated rings. The molecule has 1 atom stereocenters. The van der Waals surface area contributed by atoms with Crippen LogP contribution < -0.4 is 0 Å². The monoisotopic (exact) mass is 270 g/mol. The molecule has 0 aliphatic carbocycles. The maximum absolute atomic E-state index is 12.5. The van der Waals surface area contributed by atoms with E-state index in [1.807, 2.05) is 6.92 Å². The van der Waals surface area contributed by atoms with Crippen molar-refractivity contribution in [3.05, 3.63) is 69.5 Å². The number of pyridine rings is 1. The van der Waals surface area contributed by atoms with Crippen LogP contribution in [0.4, 0.5) is 5.69 Å². The average Bonchev–Trinajstić information content (AvgIpc) is 2.46. The van der Waals surface area contributed by atoms with Gasteiger partial charge in [0, 0.05) is 36.0 Å². The summed E-state index contributed by atoms with van der Waals surface area (Å²) in [5, 5.41) is 10.7. The molecule has 1 aromatic heterocycles. The van der Waals surface area contributed by atoms with Crippen LogP contribution in [0.5, 0.6) is 0 Å². The number of hydrogen-bond acceptors (Lipinski definition) is 4. The SMILES string of the molecule is Cc1cc([N+](=O)[O-])ccc1C(=O)C(C)c1ccncc1. The van der Waals surface area contributed by atoms with Gasteiger partial charge < -0.3 is 0 Å². The first-order chi connectivity index (χ1) is 9.50. The zero-order chi connectivity index (χ0) is 14.7. The number of Topliss-reactive ketones (excluding diaryl/α,β-unsaturated/α-hetero) is 1. The molecule has 5 nitrogen and oxygen atoms in total. The van der Waals surface area contributed by atoms with Gasteiger partial charge in [-0.3, -0.25) is 19.9 Å². The maximum Gasteiger partial charge on any atom is 0.269 e. The molecule has 1 aromatic carbocycles. The standard InChI is InChI=1S/C15H14N2O3/c1-10-9-13(17(19)20)3-4-14(10)15(18)11(2)12-5-7-16-8-6-12/h3-9,11H,1-2H3. The van der Waals surface area contributed by atoms with Gasteiger partial charge in [0.1, 0.15) is 0 Å². The summed E-state index contributed by atoms with van der Waals surface area (Å²) in [6.45, 7) is 3.53. The van der Waals surface area contributed by atoms with Gasteiger partial charge in [0.15, 0.2) is 5.78 Å². The fourth-order valence-corrected chi connectivity index (χ4v) is 2.07. The highest BCUT2D eigenvalue weighted by molar-refractivity contribution is 6.02. The third kappa shape index (κ3) is 2.71. The first-order valence-electron chi connectivity index (χ1n) is 6.20. The second kappa shape index (κ2) is 5.61. The van der Waals surface area contributed by atoms with E-state index in [-0.39, 0.29) is 17.4 Å². The van der Waals surface area contributed by atoms with Crippen LogP contribution in [0.25, 0.3) is 0 Å². The summed E-state index contributed by atoms with van der Waals surface area (Å²) >= 11 is 0. The van der Waals surface area contributed by atoms with E-state index in [2.05, 4.69) is 4.98 Å². The van der Waals surface area contributed by atoms with Crippen LogP contribution in [0.1, 0.15) is 34.3 Å². The van der Waals surface area contributed by atoms with Gasteiger partial charge in [0.25, 0.3) is 5.69 Å². The van der Waals surface area contributed by atoms with Crippen LogP contribution in [0.15, 0.2) is 42.7 Å². The molecule has 20 heavy (non-hydrogen) atoms. The summed E-state index contributed by atoms with van der Waals surface area (Å²) in [5.74, 6) is -0.359. The number of benzene rings is 1. The lowest BCUT2D eigenvalue weighted by Crippen LogP contribution is -2.11. The molecule has 1 unspecified atom stereocenters. The van der Waals surface area contributed by atoms with Gasteiger partial charge in [-0.05, 0) is 36.2 Å². The Hall–Kier alpha value is -2.56. The Morgan fingerprint density at radius 2 is 1.90 bits per heavy atom. The average molecular weight is 270 g/mol. The van der Waals surface area contributed by atoms with Gasteiger partial charge >= 0.3 is 0 Å². The van der Waals surface area contributed by atoms with Gasteiger partial charge in [-0.1, -0.05) is 6.92 Å². The predicted octanol–water partition coefficient (Wildman–Crippen LogP) is 3.28. The van der Waals surface area contributed by atoms with Gasteiger partial charge in [0.2, 0.25) is 0 Å². The Kier molecular flexibility index (Phi) is 3.89. The highest BCUT2D eigenvalue weighted by Crippen LogP contribution is 2.24. The van der Waals surface area contributed by atoms with Crippen molar-refractivity contribution >= 4 is 11.5 Å². The lowest BCUT2D eigenvalue weighted by atomic mass is 9.91. The van der Waals surface area contributed by atoms with E-state index in [9.17, 15) is 14.9 Å². The van der Waals surface area contributed by atoms with Crippen molar-refractivity contribution < 1.29 is 9.72 Å². The Morgan fingerprint density at radius 3 is 2.45 bits per heavy atom. The number of nitro groups is 1. The Morgan fingerprint density at radius 1 is 1.25 bits per heavy atom. The van der Waals surface area contributed by atoms with Gasteiger partial charge in [-0.15, -0.1) is 0 Å². The first kappa shape index (κ1) is 13.9. The van der Waals surface area contributed by atoms with Crippen LogP contribution in [0.3, 0.4) is 0 Å². The normalized spacial score (nSPS) is 11.9. The van der Waals surface area contributed by atoms with Gasteiger partial charge in [0.05, 0.1) is 4.92 Å². The minimum absolute atomic E-state index is 0.00406. The summed E-state index contributed by atoms with van der Waals surface area (Å²) in [7, 11) is 0. The summed E-state index contributed by atoms with van der Waals surface area (Å²) in [5.41, 5.74) is 2.00. The molecule has 0 bridgehead atoms. The van der Waals surface area contributed by atoms with Crippen molar-refractivity contribution in [2.24, 2.45) is 0 Å². The Labute approximate surface area is 116 Å². The topological polar surface area (TPSA) is 73.1 Å². The summed E-state index contributed by atoms with van der Waals surface area (Å²) in [4.78, 5) is 26.6. The molecular formula is C15H14N2O3. The minimum atomic E-state index is -0.465. The van der Waals surface area contributed by atoms with E-state index in [0.717, 1.165) is 5.56 Å². The predicted molar refractivity (Wildman–Crippen MR) is 74.8 cm³/mol. The van der Waals surface area contributed by atoms with Gasteiger partial charge in [-0.25, -0.2) is 0 Å². The molecule has 1 heterocycles. The molecule has 5 heteroatoms. The second-order valence-electron chi connectivity index (χ2n) is 4.62. The van der Waals surface area contributed by atoms with E-state index < -0.39 is 4.92 Å². The van der Waals surface area contributed by atoms with Crippen molar-refractivity contribution in [2.75, 3.05) is 0 Å². The number of non-ortho nitro benzene ring substituents is 1. The third-order valence-electron chi connectivity index (χ3n) is 3.29. The second-order valence-corrected chi connectivity index (χ2v) is 4.62. The number of carbonyl (C=O) groups is 1. The van der Waals surface area contributed by atoms with E-state index in [4.69, 9.17) is 0 Å². The number of ketones is 1. The Bertz CT molecular complexity index is 653. The Balaban J connectivity index is 2.32. The van der Waals surface area contributed by atoms with Crippen molar-refractivity contribution in [2.45, 2.75) is 19.8 Å². The van der Waals surface area contributed by atoms with Crippen molar-refractivity contribution in [3.63, 3.8) is 0 Å². The van der Waals surface area contributed by atoms with Crippen LogP contribution in [-0.2, 0) is 0 Å². The molecule has 0 amide bonds. The zero-order valence-electron chi connectivity index (χ0n) is 11.2. The minimum Gasteiger partial charge on any atom is -0.293 e. The number of aryl methyl sites for hydroxylation is 1. The fraction of sp³-hybridized carbons (Fsp3) is 0.200. The molecule has 0 aliphatic rings. The molecule has 102 valence electrons. The summed E-state index contributed by atoms with van der Waals surface area (Å²) in [6, 6.07) is 7.89. The van der Waals surface area contributed by atoms with E-state index in [0.29, 0.717) is 11.1 Å². The first-order valence-corrected chi connectivity index (χ1v) is 6.20. The van der Waals surface area contributed by atoms with Crippen LogP contribution in [-0.4, -0.2) is 15.7 Å². The van der Waals surface area contributed by atoms with Crippen LogP contribution >= 0.6 is 0 Å². The number of rotatable bonds is 4. The number of carbonyl (C=O) groups excluding carboxylic acids is 1. The van der Waals surface area contributed by atoms with E-state index >= 15 is 0 Å². The van der Waals surface area contributed by atoms with E-state index in [1.54, 1.807) is 31.5 Å². The largest absolute Gasteiger partial charge is 0.293 e. The molecule has 2 aromatic rings. The maximum atomic E-state index is 12.5. The molecule has 0 spiro atoms. The number of nitrogens with zero attached hydrogens (tertiary/aromatic N) is 2. The highest BCUT2D eigenvalue weighted by Gasteiger charge is 2.20. The fourth-order valence-electron chi connectivity index (χ4n) is 2.07. The highest BCUT2D eigenvalue weighted by atomic mass is 16.6. The number of aromatic nitrogens is 1. The molecule has 0 N–H and O–H groups in total. The molecule has 2 rings (SSSR count). The molecule has 0 saturated heterocycles. The third-order valence-corrected chi connectivity index (χ3v) is 3.29. The van der Waals surface area contributed by atoms with Crippen LogP contribution in [0, 0.1) is 17.0 Å². The number of hydrogen-bond donors (Lipinski definition) is 0. The summed E-state index contributed by atoms with van der Waals surface area (Å²) in [6.07, 6.45) is 3.28. The van der Waals surface area contributed by atoms with E-state index in [1.165, 1.54) is 18.2 Å². The smallest absolute Gasteiger partial charge is 0.269 e. The number of nitro benzene ring substituents is 1. The molecule has 0 aliphatic heterocycles. The van der Waals surface area contributed by atoms with Gasteiger partial charge in [-0.2, -0.15) is 0 Å². The molecule has 0 saturated carbocycles. The van der Waals surface area contributed by atoms with Crippen molar-refractivity contribution in [1.29, 1.82) is 0 Å².